The third kappa shape index (κ3) is 3.22. The molecule has 1 amide bonds. The number of amides is 1. The molecule has 3 aromatic rings. The lowest BCUT2D eigenvalue weighted by Crippen LogP contribution is -2.40. The summed E-state index contributed by atoms with van der Waals surface area (Å²) in [5.41, 5.74) is 3.45. The van der Waals surface area contributed by atoms with E-state index in [1.807, 2.05) is 55.5 Å². The Morgan fingerprint density at radius 2 is 2.16 bits per heavy atom. The number of nitrogens with one attached hydrogen (secondary N) is 1. The Labute approximate surface area is 146 Å². The van der Waals surface area contributed by atoms with Gasteiger partial charge < -0.3 is 14.6 Å². The predicted molar refractivity (Wildman–Crippen MR) is 97.9 cm³/mol. The number of carbonyl (C=O) groups excluding carboxylic acids is 1. The maximum Gasteiger partial charge on any atom is 0.298 e. The first-order chi connectivity index (χ1) is 12.2. The first-order valence-corrected chi connectivity index (χ1v) is 8.68. The molecule has 0 bridgehead atoms. The highest BCUT2D eigenvalue weighted by atomic mass is 16.4. The van der Waals surface area contributed by atoms with Crippen molar-refractivity contribution in [2.45, 2.75) is 25.8 Å². The molecule has 5 heteroatoms. The number of fused-ring (bicyclic) bond motifs is 1. The van der Waals surface area contributed by atoms with Crippen LogP contribution >= 0.6 is 0 Å². The van der Waals surface area contributed by atoms with Gasteiger partial charge in [0.05, 0.1) is 6.04 Å². The number of benzene rings is 2. The van der Waals surface area contributed by atoms with Crippen molar-refractivity contribution < 1.29 is 9.21 Å². The zero-order chi connectivity index (χ0) is 17.2. The SMILES string of the molecule is Cc1cccc(C(=O)NCC2CCCN2c2nc3ccccc3o2)c1. The molecule has 5 nitrogen and oxygen atoms in total. The van der Waals surface area contributed by atoms with Crippen LogP contribution in [0.25, 0.3) is 11.1 Å². The third-order valence-corrected chi connectivity index (χ3v) is 4.68. The normalized spacial score (nSPS) is 17.2. The summed E-state index contributed by atoms with van der Waals surface area (Å²) in [6, 6.07) is 16.3. The summed E-state index contributed by atoms with van der Waals surface area (Å²) in [5, 5.41) is 3.05. The fraction of sp³-hybridized carbons (Fsp3) is 0.300. The van der Waals surface area contributed by atoms with Crippen LogP contribution in [-0.2, 0) is 0 Å². The lowest BCUT2D eigenvalue weighted by molar-refractivity contribution is 0.0951. The lowest BCUT2D eigenvalue weighted by atomic mass is 10.1. The zero-order valence-electron chi connectivity index (χ0n) is 14.2. The summed E-state index contributed by atoms with van der Waals surface area (Å²) >= 11 is 0. The number of carbonyl (C=O) groups is 1. The maximum atomic E-state index is 12.4. The molecule has 1 fully saturated rings. The van der Waals surface area contributed by atoms with Crippen molar-refractivity contribution in [3.63, 3.8) is 0 Å². The van der Waals surface area contributed by atoms with E-state index < -0.39 is 0 Å². The van der Waals surface area contributed by atoms with Crippen LogP contribution in [-0.4, -0.2) is 30.0 Å². The van der Waals surface area contributed by atoms with Crippen molar-refractivity contribution in [3.05, 3.63) is 59.7 Å². The fourth-order valence-electron chi connectivity index (χ4n) is 3.38. The van der Waals surface area contributed by atoms with Gasteiger partial charge in [-0.1, -0.05) is 29.8 Å². The average molecular weight is 335 g/mol. The van der Waals surface area contributed by atoms with E-state index in [4.69, 9.17) is 4.42 Å². The van der Waals surface area contributed by atoms with Crippen molar-refractivity contribution in [1.29, 1.82) is 0 Å². The second kappa shape index (κ2) is 6.59. The van der Waals surface area contributed by atoms with E-state index in [9.17, 15) is 4.79 Å². The molecule has 1 aliphatic rings. The molecule has 1 aromatic heterocycles. The number of oxazole rings is 1. The molecule has 1 N–H and O–H groups in total. The highest BCUT2D eigenvalue weighted by Gasteiger charge is 2.28. The monoisotopic (exact) mass is 335 g/mol. The third-order valence-electron chi connectivity index (χ3n) is 4.68. The summed E-state index contributed by atoms with van der Waals surface area (Å²) in [7, 11) is 0. The van der Waals surface area contributed by atoms with Gasteiger partial charge in [0.1, 0.15) is 5.52 Å². The Kier molecular flexibility index (Phi) is 4.14. The quantitative estimate of drug-likeness (QED) is 0.792. The van der Waals surface area contributed by atoms with E-state index in [0.29, 0.717) is 18.1 Å². The van der Waals surface area contributed by atoms with E-state index >= 15 is 0 Å². The second-order valence-electron chi connectivity index (χ2n) is 6.53. The van der Waals surface area contributed by atoms with Gasteiger partial charge in [0, 0.05) is 18.7 Å². The van der Waals surface area contributed by atoms with E-state index in [1.165, 1.54) is 0 Å². The molecule has 1 unspecified atom stereocenters. The van der Waals surface area contributed by atoms with Gasteiger partial charge in [-0.2, -0.15) is 4.98 Å². The van der Waals surface area contributed by atoms with Crippen LogP contribution in [0.5, 0.6) is 0 Å². The maximum absolute atomic E-state index is 12.4. The number of anilines is 1. The molecule has 4 rings (SSSR count). The topological polar surface area (TPSA) is 58.4 Å². The van der Waals surface area contributed by atoms with Crippen LogP contribution < -0.4 is 10.2 Å². The van der Waals surface area contributed by atoms with Gasteiger partial charge >= 0.3 is 0 Å². The molecule has 1 saturated heterocycles. The highest BCUT2D eigenvalue weighted by molar-refractivity contribution is 5.94. The minimum atomic E-state index is -0.0342. The van der Waals surface area contributed by atoms with Crippen LogP contribution in [0.2, 0.25) is 0 Å². The average Bonchev–Trinajstić information content (AvgIpc) is 3.25. The van der Waals surface area contributed by atoms with Crippen LogP contribution in [0, 0.1) is 6.92 Å². The highest BCUT2D eigenvalue weighted by Crippen LogP contribution is 2.28. The number of rotatable bonds is 4. The smallest absolute Gasteiger partial charge is 0.298 e. The number of hydrogen-bond acceptors (Lipinski definition) is 4. The second-order valence-corrected chi connectivity index (χ2v) is 6.53. The van der Waals surface area contributed by atoms with Gasteiger partial charge in [-0.25, -0.2) is 0 Å². The molecule has 2 heterocycles. The van der Waals surface area contributed by atoms with Crippen molar-refractivity contribution in [2.75, 3.05) is 18.0 Å². The van der Waals surface area contributed by atoms with Gasteiger partial charge in [0.15, 0.2) is 5.58 Å². The summed E-state index contributed by atoms with van der Waals surface area (Å²) in [5.74, 6) is -0.0342. The number of hydrogen-bond donors (Lipinski definition) is 1. The number of aromatic nitrogens is 1. The van der Waals surface area contributed by atoms with Gasteiger partial charge in [0.2, 0.25) is 0 Å². The molecule has 25 heavy (non-hydrogen) atoms. The van der Waals surface area contributed by atoms with Crippen molar-refractivity contribution in [1.82, 2.24) is 10.3 Å². The Morgan fingerprint density at radius 3 is 3.00 bits per heavy atom. The van der Waals surface area contributed by atoms with Gasteiger partial charge in [0.25, 0.3) is 11.9 Å². The minimum Gasteiger partial charge on any atom is -0.423 e. The Balaban J connectivity index is 1.45. The van der Waals surface area contributed by atoms with Crippen molar-refractivity contribution >= 4 is 23.0 Å². The fourth-order valence-corrected chi connectivity index (χ4v) is 3.38. The van der Waals surface area contributed by atoms with Crippen molar-refractivity contribution in [2.24, 2.45) is 0 Å². The molecule has 1 aliphatic heterocycles. The predicted octanol–water partition coefficient (Wildman–Crippen LogP) is 3.54. The standard InChI is InChI=1S/C20H21N3O2/c1-14-6-4-7-15(12-14)19(24)21-13-16-8-5-11-23(16)20-22-17-9-2-3-10-18(17)25-20/h2-4,6-7,9-10,12,16H,5,8,11,13H2,1H3,(H,21,24). The molecular weight excluding hydrogens is 314 g/mol. The molecule has 0 aliphatic carbocycles. The molecule has 128 valence electrons. The summed E-state index contributed by atoms with van der Waals surface area (Å²) in [6.07, 6.45) is 2.09. The number of nitrogens with zero attached hydrogens (tertiary/aromatic N) is 2. The minimum absolute atomic E-state index is 0.0342. The van der Waals surface area contributed by atoms with E-state index in [2.05, 4.69) is 15.2 Å². The van der Waals surface area contributed by atoms with E-state index in [-0.39, 0.29) is 11.9 Å². The van der Waals surface area contributed by atoms with Crippen LogP contribution in [0.4, 0.5) is 6.01 Å². The van der Waals surface area contributed by atoms with Crippen LogP contribution in [0.1, 0.15) is 28.8 Å². The Hall–Kier alpha value is -2.82. The zero-order valence-corrected chi connectivity index (χ0v) is 14.2. The van der Waals surface area contributed by atoms with Crippen LogP contribution in [0.15, 0.2) is 52.9 Å². The molecule has 2 aromatic carbocycles. The molecule has 0 radical (unpaired) electrons. The van der Waals surface area contributed by atoms with Gasteiger partial charge in [-0.3, -0.25) is 4.79 Å². The lowest BCUT2D eigenvalue weighted by Gasteiger charge is -2.23. The first-order valence-electron chi connectivity index (χ1n) is 8.68. The molecular formula is C20H21N3O2. The van der Waals surface area contributed by atoms with Gasteiger partial charge in [-0.05, 0) is 44.0 Å². The van der Waals surface area contributed by atoms with E-state index in [0.717, 1.165) is 36.0 Å². The Morgan fingerprint density at radius 1 is 1.28 bits per heavy atom. The van der Waals surface area contributed by atoms with Crippen LogP contribution in [0.3, 0.4) is 0 Å². The number of para-hydroxylation sites is 2. The van der Waals surface area contributed by atoms with E-state index in [1.54, 1.807) is 0 Å². The van der Waals surface area contributed by atoms with Gasteiger partial charge in [-0.15, -0.1) is 0 Å². The van der Waals surface area contributed by atoms with Crippen molar-refractivity contribution in [3.8, 4) is 0 Å². The first kappa shape index (κ1) is 15.7. The largest absolute Gasteiger partial charge is 0.423 e. The number of aryl methyl sites for hydroxylation is 1. The summed E-state index contributed by atoms with van der Waals surface area (Å²) in [6.45, 7) is 3.48. The molecule has 1 atom stereocenters. The summed E-state index contributed by atoms with van der Waals surface area (Å²) in [4.78, 5) is 19.1. The Bertz CT molecular complexity index is 870. The summed E-state index contributed by atoms with van der Waals surface area (Å²) < 4.78 is 5.89. The molecule has 0 saturated carbocycles. The molecule has 0 spiro atoms.